The molecule has 0 atom stereocenters. The molecule has 2 aromatic heterocycles. The highest BCUT2D eigenvalue weighted by Crippen LogP contribution is 2.26. The standard InChI is InChI=1S/C18H24N8OS/c1-2-8-26-16(19-22-23-26)14-28-18-21-20-17(24-9-11-27-12-10-24)25(18)13-15-6-4-3-5-7-15/h3-7H,2,8-14H2,1H3. The maximum absolute atomic E-state index is 5.49. The molecule has 0 unspecified atom stereocenters. The van der Waals surface area contributed by atoms with Gasteiger partial charge in [-0.15, -0.1) is 15.3 Å². The van der Waals surface area contributed by atoms with E-state index in [0.29, 0.717) is 19.0 Å². The topological polar surface area (TPSA) is 86.8 Å². The molecular formula is C18H24N8OS. The van der Waals surface area contributed by atoms with E-state index < -0.39 is 0 Å². The number of benzene rings is 1. The summed E-state index contributed by atoms with van der Waals surface area (Å²) in [7, 11) is 0. The fourth-order valence-electron chi connectivity index (χ4n) is 3.13. The van der Waals surface area contributed by atoms with E-state index in [0.717, 1.165) is 49.5 Å². The Bertz CT molecular complexity index is 875. The van der Waals surface area contributed by atoms with Crippen LogP contribution in [-0.2, 0) is 23.6 Å². The van der Waals surface area contributed by atoms with Gasteiger partial charge in [-0.2, -0.15) is 0 Å². The predicted molar refractivity (Wildman–Crippen MR) is 106 cm³/mol. The molecule has 0 radical (unpaired) electrons. The van der Waals surface area contributed by atoms with Crippen molar-refractivity contribution in [2.45, 2.75) is 37.3 Å². The van der Waals surface area contributed by atoms with Crippen molar-refractivity contribution in [3.05, 3.63) is 41.7 Å². The van der Waals surface area contributed by atoms with Crippen molar-refractivity contribution in [1.82, 2.24) is 35.0 Å². The minimum Gasteiger partial charge on any atom is -0.378 e. The van der Waals surface area contributed by atoms with E-state index in [4.69, 9.17) is 4.74 Å². The van der Waals surface area contributed by atoms with E-state index in [1.165, 1.54) is 5.56 Å². The van der Waals surface area contributed by atoms with E-state index in [2.05, 4.69) is 66.4 Å². The fourth-order valence-corrected chi connectivity index (χ4v) is 4.00. The number of aromatic nitrogens is 7. The van der Waals surface area contributed by atoms with E-state index in [-0.39, 0.29) is 0 Å². The molecule has 0 spiro atoms. The van der Waals surface area contributed by atoms with Crippen molar-refractivity contribution in [2.75, 3.05) is 31.2 Å². The van der Waals surface area contributed by atoms with Crippen LogP contribution >= 0.6 is 11.8 Å². The van der Waals surface area contributed by atoms with Gasteiger partial charge in [0.15, 0.2) is 11.0 Å². The van der Waals surface area contributed by atoms with Gasteiger partial charge in [-0.25, -0.2) is 4.68 Å². The number of nitrogens with zero attached hydrogens (tertiary/aromatic N) is 8. The lowest BCUT2D eigenvalue weighted by Gasteiger charge is -2.28. The van der Waals surface area contributed by atoms with Gasteiger partial charge in [0.25, 0.3) is 0 Å². The molecule has 28 heavy (non-hydrogen) atoms. The Labute approximate surface area is 168 Å². The number of morpholine rings is 1. The molecule has 9 nitrogen and oxygen atoms in total. The van der Waals surface area contributed by atoms with Crippen LogP contribution in [0.5, 0.6) is 0 Å². The number of ether oxygens (including phenoxy) is 1. The average Bonchev–Trinajstić information content (AvgIpc) is 3.35. The van der Waals surface area contributed by atoms with Crippen LogP contribution < -0.4 is 4.90 Å². The number of hydrogen-bond donors (Lipinski definition) is 0. The van der Waals surface area contributed by atoms with Crippen LogP contribution in [0.2, 0.25) is 0 Å². The molecule has 3 aromatic rings. The number of tetrazole rings is 1. The molecule has 0 saturated carbocycles. The Morgan fingerprint density at radius 2 is 1.89 bits per heavy atom. The molecule has 3 heterocycles. The molecule has 0 N–H and O–H groups in total. The van der Waals surface area contributed by atoms with E-state index in [9.17, 15) is 0 Å². The van der Waals surface area contributed by atoms with E-state index >= 15 is 0 Å². The summed E-state index contributed by atoms with van der Waals surface area (Å²) in [5, 5.41) is 21.9. The Balaban J connectivity index is 1.57. The van der Waals surface area contributed by atoms with Gasteiger partial charge >= 0.3 is 0 Å². The number of thioether (sulfide) groups is 1. The third-order valence-corrected chi connectivity index (χ3v) is 5.51. The highest BCUT2D eigenvalue weighted by molar-refractivity contribution is 7.98. The minimum absolute atomic E-state index is 0.656. The van der Waals surface area contributed by atoms with Crippen LogP contribution in [0.3, 0.4) is 0 Å². The van der Waals surface area contributed by atoms with Gasteiger partial charge in [-0.1, -0.05) is 49.0 Å². The van der Waals surface area contributed by atoms with Crippen molar-refractivity contribution in [2.24, 2.45) is 0 Å². The Morgan fingerprint density at radius 3 is 2.68 bits per heavy atom. The molecule has 1 aliphatic rings. The van der Waals surface area contributed by atoms with Gasteiger partial charge in [0.2, 0.25) is 5.95 Å². The highest BCUT2D eigenvalue weighted by atomic mass is 32.2. The quantitative estimate of drug-likeness (QED) is 0.530. The first-order chi connectivity index (χ1) is 13.8. The number of hydrogen-bond acceptors (Lipinski definition) is 8. The molecule has 148 valence electrons. The second-order valence-electron chi connectivity index (χ2n) is 6.56. The zero-order valence-corrected chi connectivity index (χ0v) is 16.8. The van der Waals surface area contributed by atoms with Gasteiger partial charge in [-0.05, 0) is 22.4 Å². The van der Waals surface area contributed by atoms with Gasteiger partial charge in [-0.3, -0.25) is 4.57 Å². The van der Waals surface area contributed by atoms with Crippen LogP contribution in [0.15, 0.2) is 35.5 Å². The van der Waals surface area contributed by atoms with E-state index in [1.54, 1.807) is 11.8 Å². The monoisotopic (exact) mass is 400 g/mol. The summed E-state index contributed by atoms with van der Waals surface area (Å²) in [5.41, 5.74) is 1.22. The van der Waals surface area contributed by atoms with Gasteiger partial charge in [0.05, 0.1) is 25.5 Å². The van der Waals surface area contributed by atoms with Crippen molar-refractivity contribution in [1.29, 1.82) is 0 Å². The lowest BCUT2D eigenvalue weighted by atomic mass is 10.2. The summed E-state index contributed by atoms with van der Waals surface area (Å²) in [4.78, 5) is 2.24. The third-order valence-electron chi connectivity index (χ3n) is 4.55. The number of rotatable bonds is 8. The van der Waals surface area contributed by atoms with Crippen molar-refractivity contribution < 1.29 is 4.74 Å². The normalized spacial score (nSPS) is 14.5. The lowest BCUT2D eigenvalue weighted by molar-refractivity contribution is 0.121. The predicted octanol–water partition coefficient (Wildman–Crippen LogP) is 1.85. The lowest BCUT2D eigenvalue weighted by Crippen LogP contribution is -2.38. The molecule has 4 rings (SSSR count). The van der Waals surface area contributed by atoms with Crippen molar-refractivity contribution in [3.63, 3.8) is 0 Å². The largest absolute Gasteiger partial charge is 0.378 e. The average molecular weight is 401 g/mol. The molecule has 10 heteroatoms. The number of anilines is 1. The third kappa shape index (κ3) is 4.33. The maximum Gasteiger partial charge on any atom is 0.228 e. The summed E-state index contributed by atoms with van der Waals surface area (Å²) < 4.78 is 9.52. The molecule has 1 fully saturated rings. The summed E-state index contributed by atoms with van der Waals surface area (Å²) in [5.74, 6) is 2.40. The molecule has 0 aliphatic carbocycles. The SMILES string of the molecule is CCCn1nnnc1CSc1nnc(N2CCOCC2)n1Cc1ccccc1. The van der Waals surface area contributed by atoms with Gasteiger partial charge in [0.1, 0.15) is 0 Å². The zero-order chi connectivity index (χ0) is 19.2. The van der Waals surface area contributed by atoms with Crippen molar-refractivity contribution >= 4 is 17.7 Å². The van der Waals surface area contributed by atoms with E-state index in [1.807, 2.05) is 10.7 Å². The minimum atomic E-state index is 0.656. The molecule has 1 aliphatic heterocycles. The first-order valence-electron chi connectivity index (χ1n) is 9.53. The summed E-state index contributed by atoms with van der Waals surface area (Å²) in [6.07, 6.45) is 0.994. The second-order valence-corrected chi connectivity index (χ2v) is 7.50. The van der Waals surface area contributed by atoms with Gasteiger partial charge in [0, 0.05) is 19.6 Å². The van der Waals surface area contributed by atoms with Crippen LogP contribution in [0.1, 0.15) is 24.7 Å². The number of aryl methyl sites for hydroxylation is 1. The van der Waals surface area contributed by atoms with Crippen LogP contribution in [0.25, 0.3) is 0 Å². The Kier molecular flexibility index (Phi) is 6.17. The summed E-state index contributed by atoms with van der Waals surface area (Å²) in [6.45, 7) is 6.74. The van der Waals surface area contributed by atoms with Crippen LogP contribution in [-0.4, -0.2) is 61.3 Å². The summed E-state index contributed by atoms with van der Waals surface area (Å²) in [6, 6.07) is 10.4. The van der Waals surface area contributed by atoms with Gasteiger partial charge < -0.3 is 9.64 Å². The molecule has 1 saturated heterocycles. The Hall–Kier alpha value is -2.46. The Morgan fingerprint density at radius 1 is 1.07 bits per heavy atom. The maximum atomic E-state index is 5.49. The van der Waals surface area contributed by atoms with Crippen LogP contribution in [0, 0.1) is 0 Å². The van der Waals surface area contributed by atoms with Crippen molar-refractivity contribution in [3.8, 4) is 0 Å². The first kappa shape index (κ1) is 18.9. The highest BCUT2D eigenvalue weighted by Gasteiger charge is 2.21. The summed E-state index contributed by atoms with van der Waals surface area (Å²) >= 11 is 1.62. The first-order valence-corrected chi connectivity index (χ1v) is 10.5. The smallest absolute Gasteiger partial charge is 0.228 e. The molecule has 0 amide bonds. The molecule has 0 bridgehead atoms. The molecular weight excluding hydrogens is 376 g/mol. The fraction of sp³-hybridized carbons (Fsp3) is 0.500. The van der Waals surface area contributed by atoms with Crippen LogP contribution in [0.4, 0.5) is 5.95 Å². The second kappa shape index (κ2) is 9.16. The molecule has 1 aromatic carbocycles. The zero-order valence-electron chi connectivity index (χ0n) is 15.9.